The highest BCUT2D eigenvalue weighted by atomic mass is 16.5. The molecule has 0 bridgehead atoms. The first kappa shape index (κ1) is 21.2. The maximum atomic E-state index is 6.40. The lowest BCUT2D eigenvalue weighted by Crippen LogP contribution is -1.98. The van der Waals surface area contributed by atoms with Crippen LogP contribution in [0.4, 0.5) is 0 Å². The lowest BCUT2D eigenvalue weighted by atomic mass is 9.83. The molecule has 7 aromatic carbocycles. The zero-order chi connectivity index (χ0) is 25.2. The van der Waals surface area contributed by atoms with Crippen molar-refractivity contribution in [2.45, 2.75) is 6.92 Å². The maximum absolute atomic E-state index is 6.40. The molecule has 1 aliphatic rings. The van der Waals surface area contributed by atoms with Crippen LogP contribution in [0.1, 0.15) is 5.56 Å². The fourth-order valence-electron chi connectivity index (χ4n) is 6.25. The minimum atomic E-state index is 0.915. The van der Waals surface area contributed by atoms with Crippen molar-refractivity contribution in [2.24, 2.45) is 0 Å². The summed E-state index contributed by atoms with van der Waals surface area (Å²) in [6, 6.07) is 46.0. The average Bonchev–Trinajstić information content (AvgIpc) is 2.97. The third-order valence-electron chi connectivity index (χ3n) is 7.94. The summed E-state index contributed by atoms with van der Waals surface area (Å²) in [5, 5.41) is 7.46. The Hall–Kier alpha value is -4.88. The summed E-state index contributed by atoms with van der Waals surface area (Å²) in [6.07, 6.45) is 0. The van der Waals surface area contributed by atoms with Crippen LogP contribution in [0, 0.1) is 6.92 Å². The molecular formula is C37H24O. The molecule has 0 amide bonds. The monoisotopic (exact) mass is 484 g/mol. The molecule has 1 nitrogen and oxygen atoms in total. The van der Waals surface area contributed by atoms with Gasteiger partial charge in [0.2, 0.25) is 0 Å². The van der Waals surface area contributed by atoms with Crippen LogP contribution in [-0.2, 0) is 0 Å². The Bertz CT molecular complexity index is 1990. The topological polar surface area (TPSA) is 9.23 Å². The molecular weight excluding hydrogens is 460 g/mol. The van der Waals surface area contributed by atoms with Gasteiger partial charge in [0.05, 0.1) is 0 Å². The van der Waals surface area contributed by atoms with E-state index >= 15 is 0 Å². The van der Waals surface area contributed by atoms with Crippen molar-refractivity contribution in [2.75, 3.05) is 0 Å². The molecule has 178 valence electrons. The van der Waals surface area contributed by atoms with E-state index in [-0.39, 0.29) is 0 Å². The predicted molar refractivity (Wildman–Crippen MR) is 160 cm³/mol. The van der Waals surface area contributed by atoms with Gasteiger partial charge in [0, 0.05) is 10.9 Å². The summed E-state index contributed by atoms with van der Waals surface area (Å²) in [6.45, 7) is 2.14. The van der Waals surface area contributed by atoms with Crippen LogP contribution in [0.15, 0.2) is 127 Å². The third kappa shape index (κ3) is 2.99. The van der Waals surface area contributed by atoms with Gasteiger partial charge in [-0.2, -0.15) is 0 Å². The first-order valence-electron chi connectivity index (χ1n) is 13.1. The molecule has 0 saturated carbocycles. The Morgan fingerprint density at radius 2 is 0.974 bits per heavy atom. The number of fused-ring (bicyclic) bond motifs is 4. The van der Waals surface area contributed by atoms with Gasteiger partial charge >= 0.3 is 0 Å². The molecule has 0 unspecified atom stereocenters. The van der Waals surface area contributed by atoms with Gasteiger partial charge in [-0.25, -0.2) is 0 Å². The number of hydrogen-bond acceptors (Lipinski definition) is 1. The molecule has 0 N–H and O–H groups in total. The number of aryl methyl sites for hydroxylation is 1. The highest BCUT2D eigenvalue weighted by molar-refractivity contribution is 6.24. The fraction of sp³-hybridized carbons (Fsp3) is 0.0270. The molecule has 1 heteroatoms. The van der Waals surface area contributed by atoms with E-state index in [1.165, 1.54) is 65.7 Å². The minimum Gasteiger partial charge on any atom is -0.456 e. The smallest absolute Gasteiger partial charge is 0.135 e. The second-order valence-electron chi connectivity index (χ2n) is 10.1. The van der Waals surface area contributed by atoms with Crippen LogP contribution in [0.3, 0.4) is 0 Å². The fourth-order valence-corrected chi connectivity index (χ4v) is 6.25. The average molecular weight is 485 g/mol. The van der Waals surface area contributed by atoms with Crippen molar-refractivity contribution >= 4 is 32.3 Å². The van der Waals surface area contributed by atoms with Gasteiger partial charge in [-0.3, -0.25) is 0 Å². The van der Waals surface area contributed by atoms with E-state index in [1.54, 1.807) is 0 Å². The molecule has 0 radical (unpaired) electrons. The lowest BCUT2D eigenvalue weighted by Gasteiger charge is -2.24. The molecule has 38 heavy (non-hydrogen) atoms. The second kappa shape index (κ2) is 8.06. The van der Waals surface area contributed by atoms with Crippen LogP contribution in [0.2, 0.25) is 0 Å². The van der Waals surface area contributed by atoms with E-state index in [4.69, 9.17) is 4.74 Å². The van der Waals surface area contributed by atoms with E-state index in [1.807, 2.05) is 6.07 Å². The molecule has 0 saturated heterocycles. The van der Waals surface area contributed by atoms with Gasteiger partial charge in [-0.15, -0.1) is 0 Å². The van der Waals surface area contributed by atoms with Gasteiger partial charge in [-0.05, 0) is 79.9 Å². The summed E-state index contributed by atoms with van der Waals surface area (Å²) in [5.74, 6) is 1.83. The summed E-state index contributed by atoms with van der Waals surface area (Å²) in [7, 11) is 0. The van der Waals surface area contributed by atoms with Crippen molar-refractivity contribution in [3.63, 3.8) is 0 Å². The summed E-state index contributed by atoms with van der Waals surface area (Å²) >= 11 is 0. The summed E-state index contributed by atoms with van der Waals surface area (Å²) in [5.41, 5.74) is 8.69. The van der Waals surface area contributed by atoms with Crippen LogP contribution >= 0.6 is 0 Å². The molecule has 1 aliphatic heterocycles. The minimum absolute atomic E-state index is 0.915. The first-order chi connectivity index (χ1) is 18.8. The Balaban J connectivity index is 1.51. The zero-order valence-electron chi connectivity index (χ0n) is 21.0. The molecule has 0 fully saturated rings. The predicted octanol–water partition coefficient (Wildman–Crippen LogP) is 10.6. The third-order valence-corrected chi connectivity index (χ3v) is 7.94. The number of benzene rings is 7. The molecule has 0 aromatic heterocycles. The summed E-state index contributed by atoms with van der Waals surface area (Å²) in [4.78, 5) is 0. The van der Waals surface area contributed by atoms with Gasteiger partial charge < -0.3 is 4.74 Å². The summed E-state index contributed by atoms with van der Waals surface area (Å²) < 4.78 is 6.40. The molecule has 8 rings (SSSR count). The quantitative estimate of drug-likeness (QED) is 0.222. The van der Waals surface area contributed by atoms with Crippen molar-refractivity contribution in [1.82, 2.24) is 0 Å². The maximum Gasteiger partial charge on any atom is 0.135 e. The highest BCUT2D eigenvalue weighted by Gasteiger charge is 2.23. The van der Waals surface area contributed by atoms with Gasteiger partial charge in [-0.1, -0.05) is 115 Å². The molecule has 7 aromatic rings. The van der Waals surface area contributed by atoms with E-state index < -0.39 is 0 Å². The second-order valence-corrected chi connectivity index (χ2v) is 10.1. The number of para-hydroxylation sites is 1. The zero-order valence-corrected chi connectivity index (χ0v) is 21.0. The van der Waals surface area contributed by atoms with Gasteiger partial charge in [0.15, 0.2) is 0 Å². The van der Waals surface area contributed by atoms with Crippen molar-refractivity contribution in [1.29, 1.82) is 0 Å². The number of rotatable bonds is 2. The van der Waals surface area contributed by atoms with Gasteiger partial charge in [0.1, 0.15) is 11.5 Å². The van der Waals surface area contributed by atoms with Crippen molar-refractivity contribution in [3.8, 4) is 44.9 Å². The van der Waals surface area contributed by atoms with Gasteiger partial charge in [0.25, 0.3) is 0 Å². The largest absolute Gasteiger partial charge is 0.456 e. The molecule has 1 heterocycles. The highest BCUT2D eigenvalue weighted by Crippen LogP contribution is 2.51. The number of ether oxygens (including phenoxy) is 1. The van der Waals surface area contributed by atoms with Crippen LogP contribution in [0.5, 0.6) is 11.5 Å². The van der Waals surface area contributed by atoms with Crippen LogP contribution < -0.4 is 4.74 Å². The molecule has 0 atom stereocenters. The van der Waals surface area contributed by atoms with Crippen LogP contribution in [0.25, 0.3) is 65.7 Å². The first-order valence-corrected chi connectivity index (χ1v) is 13.1. The van der Waals surface area contributed by atoms with E-state index in [9.17, 15) is 0 Å². The Labute approximate surface area is 221 Å². The van der Waals surface area contributed by atoms with Crippen molar-refractivity contribution < 1.29 is 4.74 Å². The normalized spacial score (nSPS) is 12.0. The Morgan fingerprint density at radius 3 is 1.68 bits per heavy atom. The number of hydrogen-bond donors (Lipinski definition) is 0. The Kier molecular flexibility index (Phi) is 4.50. The lowest BCUT2D eigenvalue weighted by molar-refractivity contribution is 0.487. The standard InChI is InChI=1S/C37H24O/c1-23-17-19-24(20-18-23)35-27-10-2-4-12-29(27)36(30-13-5-3-11-28(30)35)32-21-22-34-37-26(14-8-15-31(32)37)25-9-6-7-16-33(25)38-34/h2-22H,1H3. The molecule has 0 spiro atoms. The molecule has 0 aliphatic carbocycles. The van der Waals surface area contributed by atoms with Crippen LogP contribution in [-0.4, -0.2) is 0 Å². The Morgan fingerprint density at radius 1 is 0.395 bits per heavy atom. The van der Waals surface area contributed by atoms with E-state index in [0.717, 1.165) is 17.1 Å². The van der Waals surface area contributed by atoms with Crippen molar-refractivity contribution in [3.05, 3.63) is 133 Å². The SMILES string of the molecule is Cc1ccc(-c2c3ccccc3c(-c3ccc4c5c(cccc35)-c3ccccc3O4)c3ccccc23)cc1. The van der Waals surface area contributed by atoms with E-state index in [2.05, 4.69) is 128 Å². The van der Waals surface area contributed by atoms with E-state index in [0.29, 0.717) is 0 Å².